The van der Waals surface area contributed by atoms with Crippen molar-refractivity contribution in [2.45, 2.75) is 180 Å². The van der Waals surface area contributed by atoms with E-state index >= 15 is 0 Å². The van der Waals surface area contributed by atoms with Gasteiger partial charge in [0.25, 0.3) is 10.1 Å². The molecule has 1 amide bonds. The van der Waals surface area contributed by atoms with Gasteiger partial charge in [0.1, 0.15) is 0 Å². The molecule has 41 heavy (non-hydrogen) atoms. The maximum Gasteiger partial charge on any atom is 0.266 e. The van der Waals surface area contributed by atoms with Gasteiger partial charge in [0, 0.05) is 6.42 Å². The normalized spacial score (nSPS) is 13.8. The Morgan fingerprint density at radius 1 is 0.659 bits per heavy atom. The van der Waals surface area contributed by atoms with E-state index in [1.807, 2.05) is 0 Å². The van der Waals surface area contributed by atoms with Gasteiger partial charge in [0.05, 0.1) is 17.9 Å². The van der Waals surface area contributed by atoms with Crippen LogP contribution in [0.2, 0.25) is 0 Å². The summed E-state index contributed by atoms with van der Waals surface area (Å²) in [5.41, 5.74) is 0. The quantitative estimate of drug-likeness (QED) is 0.0434. The van der Waals surface area contributed by atoms with E-state index in [0.717, 1.165) is 64.2 Å². The van der Waals surface area contributed by atoms with E-state index in [1.54, 1.807) is 0 Å². The second-order valence-corrected chi connectivity index (χ2v) is 13.3. The SMILES string of the molecule is CCCC/C=C\C/C=C\CCCCCCCC(=O)NC(CS(=O)(=O)O)C(O)CCCCCCCCCCCCCC. The van der Waals surface area contributed by atoms with Crippen LogP contribution in [0.5, 0.6) is 0 Å². The molecule has 0 fully saturated rings. The minimum atomic E-state index is -4.30. The van der Waals surface area contributed by atoms with Crippen molar-refractivity contribution in [3.63, 3.8) is 0 Å². The Morgan fingerprint density at radius 2 is 1.12 bits per heavy atom. The number of aliphatic hydroxyl groups is 1. The highest BCUT2D eigenvalue weighted by molar-refractivity contribution is 7.85. The predicted octanol–water partition coefficient (Wildman–Crippen LogP) is 9.23. The molecule has 7 heteroatoms. The highest BCUT2D eigenvalue weighted by atomic mass is 32.2. The summed E-state index contributed by atoms with van der Waals surface area (Å²) < 4.78 is 32.3. The summed E-state index contributed by atoms with van der Waals surface area (Å²) in [5, 5.41) is 13.2. The van der Waals surface area contributed by atoms with Crippen molar-refractivity contribution in [1.29, 1.82) is 0 Å². The summed E-state index contributed by atoms with van der Waals surface area (Å²) in [6, 6.07) is -0.974. The third kappa shape index (κ3) is 30.1. The summed E-state index contributed by atoms with van der Waals surface area (Å²) >= 11 is 0. The van der Waals surface area contributed by atoms with E-state index in [4.69, 9.17) is 0 Å². The van der Waals surface area contributed by atoms with Crippen LogP contribution in [0, 0.1) is 0 Å². The minimum absolute atomic E-state index is 0.262. The number of carbonyl (C=O) groups excluding carboxylic acids is 1. The molecule has 242 valence electrons. The molecule has 0 rings (SSSR count). The van der Waals surface area contributed by atoms with Crippen LogP contribution in [0.25, 0.3) is 0 Å². The maximum absolute atomic E-state index is 12.4. The van der Waals surface area contributed by atoms with Crippen molar-refractivity contribution >= 4 is 16.0 Å². The molecule has 0 aromatic rings. The molecular weight excluding hydrogens is 534 g/mol. The van der Waals surface area contributed by atoms with E-state index in [-0.39, 0.29) is 5.91 Å². The van der Waals surface area contributed by atoms with Gasteiger partial charge in [0.15, 0.2) is 0 Å². The Labute approximate surface area is 254 Å². The zero-order chi connectivity index (χ0) is 30.4. The van der Waals surface area contributed by atoms with Crippen LogP contribution in [0.15, 0.2) is 24.3 Å². The Hall–Kier alpha value is -1.18. The molecule has 0 bridgehead atoms. The fourth-order valence-corrected chi connectivity index (χ4v) is 5.82. The van der Waals surface area contributed by atoms with Gasteiger partial charge >= 0.3 is 0 Å². The van der Waals surface area contributed by atoms with Crippen molar-refractivity contribution in [3.05, 3.63) is 24.3 Å². The fraction of sp³-hybridized carbons (Fsp3) is 0.853. The predicted molar refractivity (Wildman–Crippen MR) is 175 cm³/mol. The molecule has 0 aromatic heterocycles. The van der Waals surface area contributed by atoms with Crippen LogP contribution < -0.4 is 5.32 Å². The van der Waals surface area contributed by atoms with Gasteiger partial charge in [-0.15, -0.1) is 0 Å². The van der Waals surface area contributed by atoms with Crippen molar-refractivity contribution in [1.82, 2.24) is 5.32 Å². The highest BCUT2D eigenvalue weighted by Gasteiger charge is 2.26. The second-order valence-electron chi connectivity index (χ2n) is 11.8. The number of hydrogen-bond acceptors (Lipinski definition) is 4. The number of nitrogens with one attached hydrogen (secondary N) is 1. The number of unbranched alkanes of at least 4 members (excludes halogenated alkanes) is 18. The third-order valence-electron chi connectivity index (χ3n) is 7.66. The smallest absolute Gasteiger partial charge is 0.266 e. The number of hydrogen-bond donors (Lipinski definition) is 3. The van der Waals surface area contributed by atoms with E-state index in [1.165, 1.54) is 77.0 Å². The van der Waals surface area contributed by atoms with Crippen LogP contribution in [0.4, 0.5) is 0 Å². The van der Waals surface area contributed by atoms with Crippen LogP contribution in [-0.2, 0) is 14.9 Å². The van der Waals surface area contributed by atoms with Gasteiger partial charge in [-0.25, -0.2) is 0 Å². The van der Waals surface area contributed by atoms with Gasteiger partial charge in [-0.2, -0.15) is 8.42 Å². The summed E-state index contributed by atoms with van der Waals surface area (Å²) in [7, 11) is -4.30. The molecule has 0 aliphatic heterocycles. The first-order chi connectivity index (χ1) is 19.8. The number of allylic oxidation sites excluding steroid dienone is 4. The fourth-order valence-electron chi connectivity index (χ4n) is 5.06. The van der Waals surface area contributed by atoms with Crippen LogP contribution in [-0.4, -0.2) is 41.9 Å². The first-order valence-corrected chi connectivity index (χ1v) is 18.6. The lowest BCUT2D eigenvalue weighted by molar-refractivity contribution is -0.122. The highest BCUT2D eigenvalue weighted by Crippen LogP contribution is 2.15. The van der Waals surface area contributed by atoms with Crippen molar-refractivity contribution in [2.24, 2.45) is 0 Å². The van der Waals surface area contributed by atoms with Gasteiger partial charge < -0.3 is 10.4 Å². The summed E-state index contributed by atoms with van der Waals surface area (Å²) in [5.74, 6) is -0.914. The summed E-state index contributed by atoms with van der Waals surface area (Å²) in [4.78, 5) is 12.4. The maximum atomic E-state index is 12.4. The lowest BCUT2D eigenvalue weighted by Gasteiger charge is -2.23. The minimum Gasteiger partial charge on any atom is -0.391 e. The van der Waals surface area contributed by atoms with E-state index in [2.05, 4.69) is 43.5 Å². The molecule has 0 heterocycles. The summed E-state index contributed by atoms with van der Waals surface area (Å²) in [6.45, 7) is 4.45. The molecule has 0 spiro atoms. The number of aliphatic hydroxyl groups excluding tert-OH is 1. The van der Waals surface area contributed by atoms with Crippen LogP contribution in [0.3, 0.4) is 0 Å². The molecule has 0 aliphatic carbocycles. The van der Waals surface area contributed by atoms with E-state index < -0.39 is 28.0 Å². The number of rotatable bonds is 30. The molecule has 0 saturated heterocycles. The molecule has 0 aromatic carbocycles. The van der Waals surface area contributed by atoms with Crippen LogP contribution >= 0.6 is 0 Å². The Morgan fingerprint density at radius 3 is 1.66 bits per heavy atom. The molecule has 2 unspecified atom stereocenters. The Balaban J connectivity index is 4.00. The van der Waals surface area contributed by atoms with Crippen molar-refractivity contribution in [2.75, 3.05) is 5.75 Å². The van der Waals surface area contributed by atoms with Gasteiger partial charge in [-0.05, 0) is 38.5 Å². The average Bonchev–Trinajstić information content (AvgIpc) is 2.92. The van der Waals surface area contributed by atoms with E-state index in [9.17, 15) is 22.9 Å². The second kappa shape index (κ2) is 28.9. The molecule has 6 nitrogen and oxygen atoms in total. The molecule has 0 aliphatic rings. The third-order valence-corrected chi connectivity index (χ3v) is 8.44. The molecule has 0 radical (unpaired) electrons. The van der Waals surface area contributed by atoms with E-state index in [0.29, 0.717) is 12.8 Å². The monoisotopic (exact) mass is 599 g/mol. The number of carbonyl (C=O) groups is 1. The average molecular weight is 600 g/mol. The molecule has 0 saturated carbocycles. The number of amides is 1. The first kappa shape index (κ1) is 39.8. The lowest BCUT2D eigenvalue weighted by Crippen LogP contribution is -2.47. The summed E-state index contributed by atoms with van der Waals surface area (Å²) in [6.07, 6.45) is 34.0. The molecular formula is C34H65NO5S. The lowest BCUT2D eigenvalue weighted by atomic mass is 10.0. The van der Waals surface area contributed by atoms with Crippen molar-refractivity contribution < 1.29 is 22.9 Å². The van der Waals surface area contributed by atoms with Gasteiger partial charge in [-0.1, -0.05) is 147 Å². The zero-order valence-corrected chi connectivity index (χ0v) is 27.5. The largest absolute Gasteiger partial charge is 0.391 e. The Bertz CT molecular complexity index is 750. The molecule has 3 N–H and O–H groups in total. The van der Waals surface area contributed by atoms with Gasteiger partial charge in [-0.3, -0.25) is 9.35 Å². The topological polar surface area (TPSA) is 104 Å². The first-order valence-electron chi connectivity index (χ1n) is 17.0. The Kier molecular flexibility index (Phi) is 28.1. The molecule has 2 atom stereocenters. The zero-order valence-electron chi connectivity index (χ0n) is 26.7. The van der Waals surface area contributed by atoms with Crippen molar-refractivity contribution in [3.8, 4) is 0 Å². The van der Waals surface area contributed by atoms with Crippen LogP contribution in [0.1, 0.15) is 168 Å². The standard InChI is InChI=1S/C34H65NO5S/c1-3-5-7-9-11-13-15-17-18-20-22-24-26-28-30-34(37)35-32(31-41(38,39)40)33(36)29-27-25-23-21-19-16-14-12-10-8-6-4-2/h9,11,15,17,32-33,36H,3-8,10,12-14,16,18-31H2,1-2H3,(H,35,37)(H,38,39,40)/b11-9-,17-15-. The van der Waals surface area contributed by atoms with Gasteiger partial charge in [0.2, 0.25) is 5.91 Å².